The molecule has 0 saturated heterocycles. The van der Waals surface area contributed by atoms with Gasteiger partial charge in [-0.05, 0) is 23.8 Å². The number of aromatic hydroxyl groups is 1. The van der Waals surface area contributed by atoms with E-state index in [0.29, 0.717) is 11.3 Å². The Kier molecular flexibility index (Phi) is 4.06. The quantitative estimate of drug-likeness (QED) is 0.564. The first-order valence-corrected chi connectivity index (χ1v) is 4.98. The average Bonchev–Trinajstić information content (AvgIpc) is 2.22. The van der Waals surface area contributed by atoms with Crippen LogP contribution in [0.5, 0.6) is 5.75 Å². The van der Waals surface area contributed by atoms with Gasteiger partial charge in [0.1, 0.15) is 11.8 Å². The lowest BCUT2D eigenvalue weighted by Gasteiger charge is -2.10. The molecule has 0 radical (unpaired) electrons. The molecule has 0 aliphatic heterocycles. The third kappa shape index (κ3) is 3.76. The summed E-state index contributed by atoms with van der Waals surface area (Å²) in [5.41, 5.74) is 6.24. The van der Waals surface area contributed by atoms with Crippen LogP contribution in [0, 0.1) is 0 Å². The number of hydrogen-bond donors (Lipinski definition) is 4. The van der Waals surface area contributed by atoms with E-state index in [2.05, 4.69) is 5.32 Å². The second kappa shape index (κ2) is 5.31. The lowest BCUT2D eigenvalue weighted by Crippen LogP contribution is -2.32. The highest BCUT2D eigenvalue weighted by atomic mass is 16.4. The second-order valence-corrected chi connectivity index (χ2v) is 3.67. The molecule has 1 atom stereocenters. The lowest BCUT2D eigenvalue weighted by molar-refractivity contribution is -0.138. The molecule has 0 bridgehead atoms. The fraction of sp³-hybridized carbons (Fsp3) is 0.273. The van der Waals surface area contributed by atoms with Crippen molar-refractivity contribution < 1.29 is 19.8 Å². The number of aliphatic carboxylic acids is 1. The van der Waals surface area contributed by atoms with Crippen LogP contribution in [0.3, 0.4) is 0 Å². The number of phenols is 1. The van der Waals surface area contributed by atoms with Gasteiger partial charge < -0.3 is 21.3 Å². The minimum atomic E-state index is -1.14. The van der Waals surface area contributed by atoms with Crippen LogP contribution in [0.1, 0.15) is 12.5 Å². The third-order valence-corrected chi connectivity index (χ3v) is 2.16. The number of hydrogen-bond acceptors (Lipinski definition) is 4. The van der Waals surface area contributed by atoms with E-state index in [1.807, 2.05) is 0 Å². The van der Waals surface area contributed by atoms with Crippen LogP contribution in [0.15, 0.2) is 18.2 Å². The van der Waals surface area contributed by atoms with Crippen LogP contribution >= 0.6 is 0 Å². The summed E-state index contributed by atoms with van der Waals surface area (Å²) in [4.78, 5) is 21.4. The molecule has 0 fully saturated rings. The molecule has 1 amide bonds. The molecule has 0 aliphatic carbocycles. The molecule has 6 nitrogen and oxygen atoms in total. The summed E-state index contributed by atoms with van der Waals surface area (Å²) in [7, 11) is 0. The maximum Gasteiger partial charge on any atom is 0.320 e. The molecule has 17 heavy (non-hydrogen) atoms. The van der Waals surface area contributed by atoms with Gasteiger partial charge in [-0.3, -0.25) is 9.59 Å². The summed E-state index contributed by atoms with van der Waals surface area (Å²) in [6, 6.07) is 3.31. The third-order valence-electron chi connectivity index (χ3n) is 2.16. The highest BCUT2D eigenvalue weighted by Crippen LogP contribution is 2.22. The fourth-order valence-electron chi connectivity index (χ4n) is 1.35. The zero-order valence-electron chi connectivity index (χ0n) is 9.30. The van der Waals surface area contributed by atoms with Crippen molar-refractivity contribution in [1.29, 1.82) is 0 Å². The number of amides is 1. The zero-order valence-corrected chi connectivity index (χ0v) is 9.30. The van der Waals surface area contributed by atoms with Crippen molar-refractivity contribution in [3.63, 3.8) is 0 Å². The van der Waals surface area contributed by atoms with E-state index in [-0.39, 0.29) is 18.1 Å². The minimum Gasteiger partial charge on any atom is -0.508 e. The van der Waals surface area contributed by atoms with Crippen molar-refractivity contribution in [2.24, 2.45) is 5.73 Å². The summed E-state index contributed by atoms with van der Waals surface area (Å²) >= 11 is 0. The Hall–Kier alpha value is -2.08. The number of phenolic OH excluding ortho intramolecular Hbond substituents is 1. The van der Waals surface area contributed by atoms with Crippen molar-refractivity contribution in [3.05, 3.63) is 23.8 Å². The Morgan fingerprint density at radius 3 is 2.65 bits per heavy atom. The zero-order chi connectivity index (χ0) is 13.0. The topological polar surface area (TPSA) is 113 Å². The average molecular weight is 238 g/mol. The molecular weight excluding hydrogens is 224 g/mol. The van der Waals surface area contributed by atoms with Crippen LogP contribution in [-0.4, -0.2) is 28.1 Å². The Morgan fingerprint density at radius 2 is 2.12 bits per heavy atom. The first-order chi connectivity index (χ1) is 7.90. The molecule has 0 aliphatic rings. The Bertz CT molecular complexity index is 445. The summed E-state index contributed by atoms with van der Waals surface area (Å²) in [5, 5.41) is 20.7. The lowest BCUT2D eigenvalue weighted by atomic mass is 10.0. The first kappa shape index (κ1) is 13.0. The van der Waals surface area contributed by atoms with Gasteiger partial charge in [-0.15, -0.1) is 0 Å². The summed E-state index contributed by atoms with van der Waals surface area (Å²) in [6.45, 7) is 1.36. The molecular formula is C11H14N2O4. The van der Waals surface area contributed by atoms with Crippen molar-refractivity contribution in [3.8, 4) is 5.75 Å². The van der Waals surface area contributed by atoms with E-state index in [1.165, 1.54) is 25.1 Å². The number of nitrogens with two attached hydrogens (primary N) is 1. The predicted molar refractivity (Wildman–Crippen MR) is 61.7 cm³/mol. The highest BCUT2D eigenvalue weighted by molar-refractivity contribution is 5.88. The van der Waals surface area contributed by atoms with Gasteiger partial charge in [0.05, 0.1) is 0 Å². The number of benzene rings is 1. The summed E-state index contributed by atoms with van der Waals surface area (Å²) < 4.78 is 0. The fourth-order valence-corrected chi connectivity index (χ4v) is 1.35. The Morgan fingerprint density at radius 1 is 1.47 bits per heavy atom. The van der Waals surface area contributed by atoms with Gasteiger partial charge in [0.15, 0.2) is 0 Å². The molecule has 92 valence electrons. The van der Waals surface area contributed by atoms with Crippen molar-refractivity contribution >= 4 is 17.6 Å². The van der Waals surface area contributed by atoms with Crippen LogP contribution in [-0.2, 0) is 16.0 Å². The monoisotopic (exact) mass is 238 g/mol. The second-order valence-electron chi connectivity index (χ2n) is 3.67. The number of anilines is 1. The van der Waals surface area contributed by atoms with E-state index in [9.17, 15) is 14.7 Å². The van der Waals surface area contributed by atoms with E-state index in [0.717, 1.165) is 0 Å². The van der Waals surface area contributed by atoms with Crippen molar-refractivity contribution in [2.45, 2.75) is 19.4 Å². The number of carbonyl (C=O) groups is 2. The van der Waals surface area contributed by atoms with Crippen LogP contribution in [0.25, 0.3) is 0 Å². The van der Waals surface area contributed by atoms with E-state index < -0.39 is 12.0 Å². The maximum atomic E-state index is 10.8. The number of rotatable bonds is 4. The number of nitrogens with one attached hydrogen (secondary N) is 1. The number of carbonyl (C=O) groups excluding carboxylic acids is 1. The molecule has 0 spiro atoms. The highest BCUT2D eigenvalue weighted by Gasteiger charge is 2.15. The molecule has 1 rings (SSSR count). The molecule has 0 saturated carbocycles. The van der Waals surface area contributed by atoms with E-state index in [4.69, 9.17) is 10.8 Å². The van der Waals surface area contributed by atoms with Gasteiger partial charge in [0, 0.05) is 19.0 Å². The molecule has 0 heterocycles. The largest absolute Gasteiger partial charge is 0.508 e. The van der Waals surface area contributed by atoms with E-state index >= 15 is 0 Å². The molecule has 6 heteroatoms. The summed E-state index contributed by atoms with van der Waals surface area (Å²) in [5.74, 6) is -1.44. The first-order valence-electron chi connectivity index (χ1n) is 4.98. The van der Waals surface area contributed by atoms with Gasteiger partial charge in [0.2, 0.25) is 5.91 Å². The van der Waals surface area contributed by atoms with Gasteiger partial charge in [-0.2, -0.15) is 0 Å². The molecule has 1 aromatic carbocycles. The normalized spacial score (nSPS) is 11.9. The Balaban J connectivity index is 2.90. The molecule has 1 aromatic rings. The van der Waals surface area contributed by atoms with Crippen molar-refractivity contribution in [1.82, 2.24) is 0 Å². The molecule has 0 aromatic heterocycles. The SMILES string of the molecule is CC(=O)Nc1ccc(O)c(CC(N)C(=O)O)c1. The minimum absolute atomic E-state index is 0.00537. The maximum absolute atomic E-state index is 10.8. The van der Waals surface area contributed by atoms with Gasteiger partial charge in [-0.1, -0.05) is 0 Å². The van der Waals surface area contributed by atoms with E-state index in [1.54, 1.807) is 0 Å². The summed E-state index contributed by atoms with van der Waals surface area (Å²) in [6.07, 6.45) is -0.00537. The van der Waals surface area contributed by atoms with Crippen molar-refractivity contribution in [2.75, 3.05) is 5.32 Å². The predicted octanol–water partition coefficient (Wildman–Crippen LogP) is 0.305. The molecule has 5 N–H and O–H groups in total. The van der Waals surface area contributed by atoms with Crippen LogP contribution in [0.4, 0.5) is 5.69 Å². The van der Waals surface area contributed by atoms with Crippen LogP contribution < -0.4 is 11.1 Å². The van der Waals surface area contributed by atoms with Gasteiger partial charge in [0.25, 0.3) is 0 Å². The van der Waals surface area contributed by atoms with Gasteiger partial charge >= 0.3 is 5.97 Å². The molecule has 1 unspecified atom stereocenters. The standard InChI is InChI=1S/C11H14N2O4/c1-6(14)13-8-2-3-10(15)7(4-8)5-9(12)11(16)17/h2-4,9,15H,5,12H2,1H3,(H,13,14)(H,16,17). The number of carboxylic acid groups (broad SMARTS) is 1. The van der Waals surface area contributed by atoms with Crippen LogP contribution in [0.2, 0.25) is 0 Å². The smallest absolute Gasteiger partial charge is 0.320 e. The van der Waals surface area contributed by atoms with Gasteiger partial charge in [-0.25, -0.2) is 0 Å². The Labute approximate surface area is 98.1 Å². The number of carboxylic acids is 1.